The number of hydrogen-bond donors (Lipinski definition) is 0. The van der Waals surface area contributed by atoms with Crippen LogP contribution in [0.5, 0.6) is 0 Å². The first-order valence-corrected chi connectivity index (χ1v) is 9.14. The number of morpholine rings is 1. The average molecular weight is 407 g/mol. The van der Waals surface area contributed by atoms with Crippen molar-refractivity contribution in [3.63, 3.8) is 0 Å². The number of rotatable bonds is 2. The Morgan fingerprint density at radius 3 is 2.79 bits per heavy atom. The summed E-state index contributed by atoms with van der Waals surface area (Å²) >= 11 is 6.09. The molecule has 0 amide bonds. The second-order valence-corrected chi connectivity index (χ2v) is 7.09. The van der Waals surface area contributed by atoms with E-state index in [9.17, 15) is 13.6 Å². The molecule has 0 bridgehead atoms. The molecule has 1 aromatic carbocycles. The normalized spacial score (nSPS) is 17.3. The lowest BCUT2D eigenvalue weighted by Gasteiger charge is -2.32. The molecular formula is C19H17ClF2N4O2. The van der Waals surface area contributed by atoms with Gasteiger partial charge in [-0.25, -0.2) is 18.7 Å². The first-order valence-electron chi connectivity index (χ1n) is 8.76. The molecule has 0 radical (unpaired) electrons. The van der Waals surface area contributed by atoms with E-state index >= 15 is 0 Å². The van der Waals surface area contributed by atoms with Crippen molar-refractivity contribution in [3.8, 4) is 11.3 Å². The third kappa shape index (κ3) is 3.22. The van der Waals surface area contributed by atoms with E-state index in [-0.39, 0.29) is 28.0 Å². The largest absolute Gasteiger partial charge is 0.375 e. The van der Waals surface area contributed by atoms with Crippen molar-refractivity contribution in [2.24, 2.45) is 0 Å². The Labute approximate surface area is 164 Å². The standard InChI is InChI=1S/C19H17ClF2N4O2/c1-10-8-25(5-6-28-10)15-9-26-18(23-11(2)16(20)19(26)27)17(24-15)13-4-3-12(21)7-14(13)22/h3-4,7,9-10H,5-6,8H2,1-2H3. The van der Waals surface area contributed by atoms with E-state index in [1.807, 2.05) is 11.8 Å². The minimum atomic E-state index is -0.788. The van der Waals surface area contributed by atoms with Gasteiger partial charge >= 0.3 is 0 Å². The zero-order valence-electron chi connectivity index (χ0n) is 15.2. The van der Waals surface area contributed by atoms with Crippen molar-refractivity contribution >= 4 is 23.1 Å². The highest BCUT2D eigenvalue weighted by Gasteiger charge is 2.23. The smallest absolute Gasteiger partial charge is 0.277 e. The van der Waals surface area contributed by atoms with Gasteiger partial charge < -0.3 is 9.64 Å². The molecule has 0 N–H and O–H groups in total. The van der Waals surface area contributed by atoms with Gasteiger partial charge in [-0.3, -0.25) is 9.20 Å². The number of fused-ring (bicyclic) bond motifs is 1. The van der Waals surface area contributed by atoms with Crippen LogP contribution in [0.1, 0.15) is 12.6 Å². The predicted octanol–water partition coefficient (Wildman–Crippen LogP) is 3.22. The molecule has 28 heavy (non-hydrogen) atoms. The van der Waals surface area contributed by atoms with E-state index in [4.69, 9.17) is 16.3 Å². The predicted molar refractivity (Wildman–Crippen MR) is 102 cm³/mol. The Morgan fingerprint density at radius 1 is 1.29 bits per heavy atom. The number of hydrogen-bond acceptors (Lipinski definition) is 5. The van der Waals surface area contributed by atoms with E-state index in [2.05, 4.69) is 9.97 Å². The van der Waals surface area contributed by atoms with Crippen molar-refractivity contribution in [2.75, 3.05) is 24.6 Å². The van der Waals surface area contributed by atoms with Crippen LogP contribution in [-0.2, 0) is 4.74 Å². The molecule has 0 saturated carbocycles. The van der Waals surface area contributed by atoms with E-state index in [1.54, 1.807) is 13.1 Å². The van der Waals surface area contributed by atoms with Crippen molar-refractivity contribution in [3.05, 3.63) is 57.1 Å². The van der Waals surface area contributed by atoms with Crippen LogP contribution in [0, 0.1) is 18.6 Å². The average Bonchev–Trinajstić information content (AvgIpc) is 2.66. The minimum absolute atomic E-state index is 0.0180. The van der Waals surface area contributed by atoms with Crippen LogP contribution in [0.3, 0.4) is 0 Å². The van der Waals surface area contributed by atoms with E-state index in [0.29, 0.717) is 31.2 Å². The molecule has 0 aliphatic carbocycles. The second kappa shape index (κ2) is 7.10. The van der Waals surface area contributed by atoms with Crippen LogP contribution in [-0.4, -0.2) is 40.2 Å². The van der Waals surface area contributed by atoms with Crippen LogP contribution >= 0.6 is 11.6 Å². The summed E-state index contributed by atoms with van der Waals surface area (Å²) in [4.78, 5) is 23.6. The molecule has 1 saturated heterocycles. The Hall–Kier alpha value is -2.58. The van der Waals surface area contributed by atoms with Gasteiger partial charge in [0.2, 0.25) is 0 Å². The zero-order chi connectivity index (χ0) is 20.0. The second-order valence-electron chi connectivity index (χ2n) is 6.71. The van der Waals surface area contributed by atoms with Gasteiger partial charge in [0.25, 0.3) is 5.56 Å². The summed E-state index contributed by atoms with van der Waals surface area (Å²) < 4.78 is 34.7. The summed E-state index contributed by atoms with van der Waals surface area (Å²) in [6.45, 7) is 5.15. The number of halogens is 3. The molecule has 146 valence electrons. The molecule has 1 fully saturated rings. The van der Waals surface area contributed by atoms with Gasteiger partial charge in [0.1, 0.15) is 28.2 Å². The minimum Gasteiger partial charge on any atom is -0.375 e. The summed E-state index contributed by atoms with van der Waals surface area (Å²) in [5, 5.41) is -0.0180. The van der Waals surface area contributed by atoms with Crippen LogP contribution in [0.25, 0.3) is 16.9 Å². The molecule has 1 aliphatic rings. The molecule has 3 aromatic rings. The fourth-order valence-corrected chi connectivity index (χ4v) is 3.39. The number of nitrogens with zero attached hydrogens (tertiary/aromatic N) is 4. The molecular weight excluding hydrogens is 390 g/mol. The van der Waals surface area contributed by atoms with Crippen LogP contribution in [0.2, 0.25) is 5.02 Å². The van der Waals surface area contributed by atoms with Gasteiger partial charge in [-0.05, 0) is 26.0 Å². The zero-order valence-corrected chi connectivity index (χ0v) is 16.0. The van der Waals surface area contributed by atoms with Gasteiger partial charge in [0.15, 0.2) is 5.65 Å². The topological polar surface area (TPSA) is 59.7 Å². The van der Waals surface area contributed by atoms with Crippen molar-refractivity contribution in [2.45, 2.75) is 20.0 Å². The maximum Gasteiger partial charge on any atom is 0.277 e. The summed E-state index contributed by atoms with van der Waals surface area (Å²) in [5.74, 6) is -1.03. The van der Waals surface area contributed by atoms with Gasteiger partial charge in [0, 0.05) is 24.7 Å². The van der Waals surface area contributed by atoms with Crippen LogP contribution in [0.4, 0.5) is 14.6 Å². The van der Waals surface area contributed by atoms with Crippen molar-refractivity contribution in [1.29, 1.82) is 0 Å². The molecule has 1 unspecified atom stereocenters. The lowest BCUT2D eigenvalue weighted by atomic mass is 10.1. The fourth-order valence-electron chi connectivity index (χ4n) is 3.26. The molecule has 0 spiro atoms. The van der Waals surface area contributed by atoms with Gasteiger partial charge in [-0.15, -0.1) is 0 Å². The number of anilines is 1. The van der Waals surface area contributed by atoms with Gasteiger partial charge in [0.05, 0.1) is 24.6 Å². The number of aryl methyl sites for hydroxylation is 1. The number of aromatic nitrogens is 3. The molecule has 2 aromatic heterocycles. The van der Waals surface area contributed by atoms with Crippen molar-refractivity contribution in [1.82, 2.24) is 14.4 Å². The Morgan fingerprint density at radius 2 is 2.07 bits per heavy atom. The molecule has 6 nitrogen and oxygen atoms in total. The molecule has 3 heterocycles. The highest BCUT2D eigenvalue weighted by Crippen LogP contribution is 2.28. The molecule has 9 heteroatoms. The first-order chi connectivity index (χ1) is 13.3. The molecule has 1 atom stereocenters. The molecule has 4 rings (SSSR count). The molecule has 1 aliphatic heterocycles. The Bertz CT molecular complexity index is 1140. The maximum atomic E-state index is 14.5. The van der Waals surface area contributed by atoms with Gasteiger partial charge in [-0.2, -0.15) is 0 Å². The van der Waals surface area contributed by atoms with Gasteiger partial charge in [-0.1, -0.05) is 11.6 Å². The summed E-state index contributed by atoms with van der Waals surface area (Å²) in [6.07, 6.45) is 1.52. The quantitative estimate of drug-likeness (QED) is 0.654. The highest BCUT2D eigenvalue weighted by molar-refractivity contribution is 6.31. The van der Waals surface area contributed by atoms with E-state index in [1.165, 1.54) is 10.5 Å². The monoisotopic (exact) mass is 406 g/mol. The summed E-state index contributed by atoms with van der Waals surface area (Å²) in [5.41, 5.74) is 0.187. The maximum absolute atomic E-state index is 14.5. The Balaban J connectivity index is 2.02. The third-order valence-electron chi connectivity index (χ3n) is 4.66. The van der Waals surface area contributed by atoms with E-state index in [0.717, 1.165) is 12.1 Å². The van der Waals surface area contributed by atoms with Crippen molar-refractivity contribution < 1.29 is 13.5 Å². The Kier molecular flexibility index (Phi) is 4.76. The SMILES string of the molecule is Cc1nc2c(-c3ccc(F)cc3F)nc(N3CCOC(C)C3)cn2c(=O)c1Cl. The summed E-state index contributed by atoms with van der Waals surface area (Å²) in [7, 11) is 0. The lowest BCUT2D eigenvalue weighted by molar-refractivity contribution is 0.0529. The van der Waals surface area contributed by atoms with Crippen LogP contribution < -0.4 is 10.5 Å². The third-order valence-corrected chi connectivity index (χ3v) is 5.10. The van der Waals surface area contributed by atoms with E-state index < -0.39 is 17.2 Å². The van der Waals surface area contributed by atoms with Crippen LogP contribution in [0.15, 0.2) is 29.2 Å². The fraction of sp³-hybridized carbons (Fsp3) is 0.316. The summed E-state index contributed by atoms with van der Waals surface area (Å²) in [6, 6.07) is 3.20. The lowest BCUT2D eigenvalue weighted by Crippen LogP contribution is -2.41. The number of ether oxygens (including phenoxy) is 1. The number of benzene rings is 1. The first kappa shape index (κ1) is 18.8. The highest BCUT2D eigenvalue weighted by atomic mass is 35.5.